The summed E-state index contributed by atoms with van der Waals surface area (Å²) in [6.07, 6.45) is 1.55. The van der Waals surface area contributed by atoms with Crippen molar-refractivity contribution in [3.63, 3.8) is 0 Å². The number of benzene rings is 2. The zero-order valence-corrected chi connectivity index (χ0v) is 12.8. The van der Waals surface area contributed by atoms with E-state index in [-0.39, 0.29) is 5.82 Å². The fourth-order valence-electron chi connectivity index (χ4n) is 1.94. The van der Waals surface area contributed by atoms with Gasteiger partial charge in [0.2, 0.25) is 0 Å². The van der Waals surface area contributed by atoms with Gasteiger partial charge in [-0.1, -0.05) is 35.3 Å². The third kappa shape index (κ3) is 3.38. The lowest BCUT2D eigenvalue weighted by Crippen LogP contribution is -1.77. The van der Waals surface area contributed by atoms with Gasteiger partial charge in [0.25, 0.3) is 0 Å². The molecule has 0 atom stereocenters. The van der Waals surface area contributed by atoms with Crippen LogP contribution in [0.4, 0.5) is 10.1 Å². The topological polar surface area (TPSA) is 25.5 Å². The predicted molar refractivity (Wildman–Crippen MR) is 87.8 cm³/mol. The van der Waals surface area contributed by atoms with E-state index in [4.69, 9.17) is 27.6 Å². The minimum atomic E-state index is -0.308. The average molecular weight is 334 g/mol. The monoisotopic (exact) mass is 333 g/mol. The number of hydrogen-bond donors (Lipinski definition) is 0. The molecule has 0 saturated heterocycles. The Morgan fingerprint density at radius 1 is 1.00 bits per heavy atom. The molecular formula is C17H10Cl2FNO. The Morgan fingerprint density at radius 2 is 1.86 bits per heavy atom. The summed E-state index contributed by atoms with van der Waals surface area (Å²) < 4.78 is 18.8. The fraction of sp³-hybridized carbons (Fsp3) is 0. The molecule has 110 valence electrons. The average Bonchev–Trinajstić information content (AvgIpc) is 2.95. The Bertz CT molecular complexity index is 842. The SMILES string of the molecule is Fc1cccc(-c2ccc(C=Nc3ccc(Cl)cc3Cl)o2)c1. The molecule has 0 aliphatic rings. The number of nitrogens with zero attached hydrogens (tertiary/aromatic N) is 1. The van der Waals surface area contributed by atoms with Gasteiger partial charge in [0.15, 0.2) is 0 Å². The van der Waals surface area contributed by atoms with E-state index >= 15 is 0 Å². The van der Waals surface area contributed by atoms with Crippen LogP contribution in [0, 0.1) is 5.82 Å². The predicted octanol–water partition coefficient (Wildman–Crippen LogP) is 6.14. The lowest BCUT2D eigenvalue weighted by Gasteiger charge is -1.98. The summed E-state index contributed by atoms with van der Waals surface area (Å²) in [4.78, 5) is 4.26. The zero-order chi connectivity index (χ0) is 15.5. The van der Waals surface area contributed by atoms with Gasteiger partial charge in [-0.2, -0.15) is 0 Å². The fourth-order valence-corrected chi connectivity index (χ4v) is 2.40. The molecule has 0 amide bonds. The van der Waals surface area contributed by atoms with Crippen LogP contribution in [0.1, 0.15) is 5.76 Å². The summed E-state index contributed by atoms with van der Waals surface area (Å²) in [5.41, 5.74) is 1.26. The molecule has 22 heavy (non-hydrogen) atoms. The standard InChI is InChI=1S/C17H10Cl2FNO/c18-12-4-6-16(15(19)9-12)21-10-14-5-7-17(22-14)11-2-1-3-13(20)8-11/h1-10H. The Morgan fingerprint density at radius 3 is 2.64 bits per heavy atom. The van der Waals surface area contributed by atoms with Gasteiger partial charge in [0.05, 0.1) is 16.9 Å². The van der Waals surface area contributed by atoms with Crippen LogP contribution < -0.4 is 0 Å². The number of hydrogen-bond acceptors (Lipinski definition) is 2. The Hall–Kier alpha value is -2.10. The zero-order valence-electron chi connectivity index (χ0n) is 11.3. The van der Waals surface area contributed by atoms with Crippen LogP contribution in [0.5, 0.6) is 0 Å². The van der Waals surface area contributed by atoms with Crippen LogP contribution in [0.25, 0.3) is 11.3 Å². The van der Waals surface area contributed by atoms with Crippen LogP contribution >= 0.6 is 23.2 Å². The molecule has 0 bridgehead atoms. The van der Waals surface area contributed by atoms with Gasteiger partial charge in [-0.3, -0.25) is 4.99 Å². The van der Waals surface area contributed by atoms with Gasteiger partial charge in [-0.15, -0.1) is 0 Å². The minimum Gasteiger partial charge on any atom is -0.455 e. The van der Waals surface area contributed by atoms with E-state index in [1.165, 1.54) is 12.1 Å². The smallest absolute Gasteiger partial charge is 0.145 e. The van der Waals surface area contributed by atoms with Gasteiger partial charge in [-0.05, 0) is 42.5 Å². The first-order valence-corrected chi connectivity index (χ1v) is 7.22. The van der Waals surface area contributed by atoms with E-state index in [2.05, 4.69) is 4.99 Å². The summed E-state index contributed by atoms with van der Waals surface area (Å²) in [6.45, 7) is 0. The largest absolute Gasteiger partial charge is 0.455 e. The highest BCUT2D eigenvalue weighted by Crippen LogP contribution is 2.28. The minimum absolute atomic E-state index is 0.308. The molecule has 0 aliphatic carbocycles. The van der Waals surface area contributed by atoms with Crippen molar-refractivity contribution in [2.45, 2.75) is 0 Å². The maximum Gasteiger partial charge on any atom is 0.145 e. The molecule has 3 aromatic rings. The van der Waals surface area contributed by atoms with Gasteiger partial charge in [0.1, 0.15) is 17.3 Å². The van der Waals surface area contributed by atoms with E-state index in [1.54, 1.807) is 48.7 Å². The van der Waals surface area contributed by atoms with Gasteiger partial charge in [0, 0.05) is 10.6 Å². The molecule has 3 rings (SSSR count). The molecule has 2 nitrogen and oxygen atoms in total. The summed E-state index contributed by atoms with van der Waals surface area (Å²) in [5, 5.41) is 1.01. The maximum atomic E-state index is 13.2. The third-order valence-corrected chi connectivity index (χ3v) is 3.51. The number of rotatable bonds is 3. The number of furan rings is 1. The number of aliphatic imine (C=N–C) groups is 1. The molecule has 0 unspecified atom stereocenters. The van der Waals surface area contributed by atoms with Crippen LogP contribution in [-0.2, 0) is 0 Å². The molecule has 5 heteroatoms. The lowest BCUT2D eigenvalue weighted by molar-refractivity contribution is 0.573. The van der Waals surface area contributed by atoms with Crippen molar-refractivity contribution in [2.24, 2.45) is 4.99 Å². The highest BCUT2D eigenvalue weighted by atomic mass is 35.5. The second-order valence-corrected chi connectivity index (χ2v) is 5.41. The number of halogens is 3. The van der Waals surface area contributed by atoms with Crippen molar-refractivity contribution in [3.8, 4) is 11.3 Å². The third-order valence-electron chi connectivity index (χ3n) is 2.98. The molecule has 0 spiro atoms. The second kappa shape index (κ2) is 6.34. The van der Waals surface area contributed by atoms with Crippen molar-refractivity contribution < 1.29 is 8.81 Å². The van der Waals surface area contributed by atoms with Crippen molar-refractivity contribution in [1.29, 1.82) is 0 Å². The summed E-state index contributed by atoms with van der Waals surface area (Å²) in [7, 11) is 0. The van der Waals surface area contributed by atoms with E-state index in [0.717, 1.165) is 0 Å². The molecule has 2 aromatic carbocycles. The van der Waals surface area contributed by atoms with Crippen molar-refractivity contribution in [2.75, 3.05) is 0 Å². The van der Waals surface area contributed by atoms with E-state index < -0.39 is 0 Å². The Kier molecular flexibility index (Phi) is 4.27. The molecule has 0 N–H and O–H groups in total. The molecule has 0 radical (unpaired) electrons. The molecule has 1 aromatic heterocycles. The lowest BCUT2D eigenvalue weighted by atomic mass is 10.2. The van der Waals surface area contributed by atoms with E-state index in [9.17, 15) is 4.39 Å². The normalized spacial score (nSPS) is 11.2. The summed E-state index contributed by atoms with van der Waals surface area (Å²) >= 11 is 11.9. The van der Waals surface area contributed by atoms with Crippen LogP contribution in [0.3, 0.4) is 0 Å². The van der Waals surface area contributed by atoms with Crippen molar-refractivity contribution in [1.82, 2.24) is 0 Å². The van der Waals surface area contributed by atoms with Crippen LogP contribution in [0.2, 0.25) is 10.0 Å². The molecule has 0 aliphatic heterocycles. The molecular weight excluding hydrogens is 324 g/mol. The van der Waals surface area contributed by atoms with E-state index in [1.807, 2.05) is 0 Å². The Labute approximate surface area is 136 Å². The summed E-state index contributed by atoms with van der Waals surface area (Å²) in [5.74, 6) is 0.811. The van der Waals surface area contributed by atoms with Gasteiger partial charge >= 0.3 is 0 Å². The van der Waals surface area contributed by atoms with Gasteiger partial charge < -0.3 is 4.42 Å². The highest BCUT2D eigenvalue weighted by Gasteiger charge is 2.05. The van der Waals surface area contributed by atoms with Crippen molar-refractivity contribution >= 4 is 35.1 Å². The molecule has 0 fully saturated rings. The molecule has 1 heterocycles. The first-order valence-electron chi connectivity index (χ1n) is 6.47. The second-order valence-electron chi connectivity index (χ2n) is 4.57. The summed E-state index contributed by atoms with van der Waals surface area (Å²) in [6, 6.07) is 14.8. The van der Waals surface area contributed by atoms with Crippen LogP contribution in [0.15, 0.2) is 64.0 Å². The van der Waals surface area contributed by atoms with Crippen molar-refractivity contribution in [3.05, 3.63) is 76.2 Å². The first-order chi connectivity index (χ1) is 10.6. The first kappa shape index (κ1) is 14.8. The Balaban J connectivity index is 1.83. The van der Waals surface area contributed by atoms with E-state index in [0.29, 0.717) is 32.8 Å². The molecule has 0 saturated carbocycles. The van der Waals surface area contributed by atoms with Gasteiger partial charge in [-0.25, -0.2) is 4.39 Å². The van der Waals surface area contributed by atoms with Crippen LogP contribution in [-0.4, -0.2) is 6.21 Å². The highest BCUT2D eigenvalue weighted by molar-refractivity contribution is 6.36. The quantitative estimate of drug-likeness (QED) is 0.528. The maximum absolute atomic E-state index is 13.2.